The highest BCUT2D eigenvalue weighted by Gasteiger charge is 2.21. The van der Waals surface area contributed by atoms with Gasteiger partial charge in [0.15, 0.2) is 0 Å². The maximum absolute atomic E-state index is 12.9. The minimum Gasteiger partial charge on any atom is -0.325 e. The molecule has 27 heavy (non-hydrogen) atoms. The number of carbonyl (C=O) groups is 2. The van der Waals surface area contributed by atoms with Gasteiger partial charge in [-0.05, 0) is 55.0 Å². The largest absolute Gasteiger partial charge is 0.325 e. The number of benzene rings is 2. The molecule has 1 aliphatic heterocycles. The Morgan fingerprint density at radius 3 is 2.33 bits per heavy atom. The molecule has 9 heteroatoms. The molecule has 2 amide bonds. The molecule has 2 aromatic carbocycles. The molecule has 1 saturated heterocycles. The lowest BCUT2D eigenvalue weighted by atomic mass is 10.2. The van der Waals surface area contributed by atoms with Crippen LogP contribution in [0.4, 0.5) is 15.8 Å². The lowest BCUT2D eigenvalue weighted by Crippen LogP contribution is -2.32. The van der Waals surface area contributed by atoms with Crippen LogP contribution in [-0.4, -0.2) is 33.3 Å². The third kappa shape index (κ3) is 4.69. The zero-order chi connectivity index (χ0) is 19.4. The van der Waals surface area contributed by atoms with Gasteiger partial charge in [0.25, 0.3) is 0 Å². The topological polar surface area (TPSA) is 95.6 Å². The van der Waals surface area contributed by atoms with Crippen molar-refractivity contribution >= 4 is 33.2 Å². The number of hydrogen-bond acceptors (Lipinski definition) is 4. The van der Waals surface area contributed by atoms with Crippen molar-refractivity contribution in [3.05, 3.63) is 54.3 Å². The number of halogens is 1. The summed E-state index contributed by atoms with van der Waals surface area (Å²) in [5, 5.41) is 2.57. The summed E-state index contributed by atoms with van der Waals surface area (Å²) in [7, 11) is -3.91. The first-order valence-electron chi connectivity index (χ1n) is 8.31. The highest BCUT2D eigenvalue weighted by Crippen LogP contribution is 2.23. The quantitative estimate of drug-likeness (QED) is 0.786. The van der Waals surface area contributed by atoms with E-state index >= 15 is 0 Å². The van der Waals surface area contributed by atoms with Crippen LogP contribution >= 0.6 is 0 Å². The van der Waals surface area contributed by atoms with Crippen molar-refractivity contribution in [3.8, 4) is 0 Å². The highest BCUT2D eigenvalue weighted by atomic mass is 32.2. The van der Waals surface area contributed by atoms with Crippen LogP contribution in [-0.2, 0) is 19.6 Å². The number of sulfonamides is 1. The molecule has 0 radical (unpaired) electrons. The molecule has 1 aliphatic rings. The van der Waals surface area contributed by atoms with Gasteiger partial charge < -0.3 is 10.2 Å². The summed E-state index contributed by atoms with van der Waals surface area (Å²) in [4.78, 5) is 25.3. The number of hydrogen-bond donors (Lipinski definition) is 2. The Morgan fingerprint density at radius 1 is 1.07 bits per heavy atom. The van der Waals surface area contributed by atoms with E-state index in [1.165, 1.54) is 0 Å². The number of nitrogens with one attached hydrogen (secondary N) is 2. The van der Waals surface area contributed by atoms with Gasteiger partial charge in [0.05, 0.1) is 11.4 Å². The van der Waals surface area contributed by atoms with Crippen LogP contribution in [0.25, 0.3) is 0 Å². The zero-order valence-corrected chi connectivity index (χ0v) is 15.1. The van der Waals surface area contributed by atoms with Crippen molar-refractivity contribution in [2.75, 3.05) is 23.3 Å². The summed E-state index contributed by atoms with van der Waals surface area (Å²) in [6.45, 7) is 0.210. The number of rotatable bonds is 6. The Bertz CT molecular complexity index is 944. The number of anilines is 2. The van der Waals surface area contributed by atoms with E-state index in [4.69, 9.17) is 0 Å². The van der Waals surface area contributed by atoms with Crippen molar-refractivity contribution < 1.29 is 22.4 Å². The Morgan fingerprint density at radius 2 is 1.74 bits per heavy atom. The highest BCUT2D eigenvalue weighted by molar-refractivity contribution is 7.89. The van der Waals surface area contributed by atoms with E-state index in [9.17, 15) is 22.4 Å². The summed E-state index contributed by atoms with van der Waals surface area (Å²) in [6.07, 6.45) is 1.36. The van der Waals surface area contributed by atoms with E-state index in [1.807, 2.05) is 0 Å². The van der Waals surface area contributed by atoms with Crippen molar-refractivity contribution in [2.45, 2.75) is 17.7 Å². The van der Waals surface area contributed by atoms with Gasteiger partial charge >= 0.3 is 0 Å². The molecule has 0 spiro atoms. The molecule has 1 heterocycles. The fraction of sp³-hybridized carbons (Fsp3) is 0.222. The van der Waals surface area contributed by atoms with Crippen LogP contribution in [0, 0.1) is 5.82 Å². The number of nitrogens with zero attached hydrogens (tertiary/aromatic N) is 1. The molecule has 0 aliphatic carbocycles. The van der Waals surface area contributed by atoms with E-state index in [2.05, 4.69) is 10.0 Å². The van der Waals surface area contributed by atoms with Gasteiger partial charge in [0.2, 0.25) is 21.8 Å². The van der Waals surface area contributed by atoms with Crippen LogP contribution in [0.3, 0.4) is 0 Å². The summed E-state index contributed by atoms with van der Waals surface area (Å²) < 4.78 is 39.2. The lowest BCUT2D eigenvalue weighted by Gasteiger charge is -2.16. The summed E-state index contributed by atoms with van der Waals surface area (Å²) in [5.41, 5.74) is 1.24. The normalized spacial score (nSPS) is 14.4. The molecule has 2 N–H and O–H groups in total. The van der Waals surface area contributed by atoms with Crippen LogP contribution in [0.2, 0.25) is 0 Å². The Hall–Kier alpha value is -2.78. The average molecular weight is 391 g/mol. The van der Waals surface area contributed by atoms with Gasteiger partial charge in [-0.2, -0.15) is 0 Å². The van der Waals surface area contributed by atoms with E-state index in [0.717, 1.165) is 36.4 Å². The first kappa shape index (κ1) is 19.0. The molecule has 0 unspecified atom stereocenters. The van der Waals surface area contributed by atoms with Crippen LogP contribution in [0.5, 0.6) is 0 Å². The third-order valence-corrected chi connectivity index (χ3v) is 5.50. The van der Waals surface area contributed by atoms with Gasteiger partial charge in [0, 0.05) is 24.3 Å². The van der Waals surface area contributed by atoms with E-state index in [-0.39, 0.29) is 10.8 Å². The van der Waals surface area contributed by atoms with E-state index < -0.39 is 28.3 Å². The third-order valence-electron chi connectivity index (χ3n) is 4.08. The van der Waals surface area contributed by atoms with E-state index in [0.29, 0.717) is 18.7 Å². The van der Waals surface area contributed by atoms with Gasteiger partial charge in [0.1, 0.15) is 5.82 Å². The van der Waals surface area contributed by atoms with Crippen molar-refractivity contribution in [3.63, 3.8) is 0 Å². The van der Waals surface area contributed by atoms with Gasteiger partial charge in [-0.15, -0.1) is 0 Å². The molecule has 142 valence electrons. The monoisotopic (exact) mass is 391 g/mol. The molecule has 0 saturated carbocycles. The molecular formula is C18H18FN3O4S. The minimum atomic E-state index is -3.91. The smallest absolute Gasteiger partial charge is 0.241 e. The SMILES string of the molecule is O=C(CNS(=O)(=O)c1ccc(F)cc1)Nc1ccc(N2CCCC2=O)cc1. The Kier molecular flexibility index (Phi) is 5.52. The second kappa shape index (κ2) is 7.85. The van der Waals surface area contributed by atoms with Gasteiger partial charge in [-0.25, -0.2) is 17.5 Å². The second-order valence-corrected chi connectivity index (χ2v) is 7.79. The minimum absolute atomic E-state index is 0.0713. The predicted molar refractivity (Wildman–Crippen MR) is 98.2 cm³/mol. The molecule has 0 bridgehead atoms. The van der Waals surface area contributed by atoms with Crippen molar-refractivity contribution in [1.82, 2.24) is 4.72 Å². The molecule has 0 aromatic heterocycles. The molecular weight excluding hydrogens is 373 g/mol. The number of carbonyl (C=O) groups excluding carboxylic acids is 2. The first-order valence-corrected chi connectivity index (χ1v) is 9.79. The Labute approximate surface area is 156 Å². The van der Waals surface area contributed by atoms with Gasteiger partial charge in [-0.1, -0.05) is 0 Å². The fourth-order valence-corrected chi connectivity index (χ4v) is 3.69. The Balaban J connectivity index is 1.56. The lowest BCUT2D eigenvalue weighted by molar-refractivity contribution is -0.117. The maximum Gasteiger partial charge on any atom is 0.241 e. The standard InChI is InChI=1S/C18H18FN3O4S/c19-13-3-9-16(10-4-13)27(25,26)20-12-17(23)21-14-5-7-15(8-6-14)22-11-1-2-18(22)24/h3-10,20H,1-2,11-12H2,(H,21,23). The molecule has 2 aromatic rings. The zero-order valence-electron chi connectivity index (χ0n) is 14.3. The summed E-state index contributed by atoms with van der Waals surface area (Å²) >= 11 is 0. The molecule has 7 nitrogen and oxygen atoms in total. The van der Waals surface area contributed by atoms with E-state index in [1.54, 1.807) is 29.2 Å². The van der Waals surface area contributed by atoms with Crippen LogP contribution in [0.15, 0.2) is 53.4 Å². The molecule has 3 rings (SSSR count). The number of amides is 2. The maximum atomic E-state index is 12.9. The summed E-state index contributed by atoms with van der Waals surface area (Å²) in [6, 6.07) is 11.0. The van der Waals surface area contributed by atoms with Crippen LogP contribution < -0.4 is 14.9 Å². The molecule has 1 fully saturated rings. The molecule has 0 atom stereocenters. The average Bonchev–Trinajstić information content (AvgIpc) is 3.07. The predicted octanol–water partition coefficient (Wildman–Crippen LogP) is 1.87. The second-order valence-electron chi connectivity index (χ2n) is 6.02. The first-order chi connectivity index (χ1) is 12.8. The van der Waals surface area contributed by atoms with Crippen molar-refractivity contribution in [1.29, 1.82) is 0 Å². The fourth-order valence-electron chi connectivity index (χ4n) is 2.71. The van der Waals surface area contributed by atoms with Crippen molar-refractivity contribution in [2.24, 2.45) is 0 Å². The van der Waals surface area contributed by atoms with Gasteiger partial charge in [-0.3, -0.25) is 9.59 Å². The summed E-state index contributed by atoms with van der Waals surface area (Å²) in [5.74, 6) is -1.03. The van der Waals surface area contributed by atoms with Crippen LogP contribution in [0.1, 0.15) is 12.8 Å².